The molecule has 0 spiro atoms. The Morgan fingerprint density at radius 3 is 2.56 bits per heavy atom. The Labute approximate surface area is 149 Å². The van der Waals surface area contributed by atoms with Crippen LogP contribution in [0, 0.1) is 6.92 Å². The van der Waals surface area contributed by atoms with E-state index in [1.54, 1.807) is 28.8 Å². The van der Waals surface area contributed by atoms with Crippen LogP contribution in [0.3, 0.4) is 0 Å². The number of amides is 1. The Kier molecular flexibility index (Phi) is 4.01. The second-order valence-electron chi connectivity index (χ2n) is 6.01. The highest BCUT2D eigenvalue weighted by molar-refractivity contribution is 6.30. The van der Waals surface area contributed by atoms with Crippen molar-refractivity contribution in [1.29, 1.82) is 0 Å². The van der Waals surface area contributed by atoms with Gasteiger partial charge in [-0.05, 0) is 31.2 Å². The normalized spacial score (nSPS) is 15.0. The van der Waals surface area contributed by atoms with E-state index in [2.05, 4.69) is 20.0 Å². The first-order valence-corrected chi connectivity index (χ1v) is 8.47. The number of carbonyl (C=O) groups is 1. The van der Waals surface area contributed by atoms with Gasteiger partial charge in [0.2, 0.25) is 0 Å². The lowest BCUT2D eigenvalue weighted by atomic mass is 10.2. The molecular formula is C17H17ClN6O. The lowest BCUT2D eigenvalue weighted by Gasteiger charge is -2.36. The Hall–Kier alpha value is -2.67. The van der Waals surface area contributed by atoms with Crippen LogP contribution in [0.1, 0.15) is 16.1 Å². The first-order valence-electron chi connectivity index (χ1n) is 8.09. The van der Waals surface area contributed by atoms with Crippen molar-refractivity contribution in [2.45, 2.75) is 6.92 Å². The van der Waals surface area contributed by atoms with Crippen molar-refractivity contribution >= 4 is 29.1 Å². The summed E-state index contributed by atoms with van der Waals surface area (Å²) < 4.78 is 1.74. The van der Waals surface area contributed by atoms with Gasteiger partial charge in [0.15, 0.2) is 0 Å². The summed E-state index contributed by atoms with van der Waals surface area (Å²) in [5.74, 6) is 1.58. The van der Waals surface area contributed by atoms with Gasteiger partial charge in [-0.25, -0.2) is 4.98 Å². The second-order valence-corrected chi connectivity index (χ2v) is 6.45. The monoisotopic (exact) mass is 356 g/mol. The molecule has 1 aliphatic rings. The van der Waals surface area contributed by atoms with Crippen LogP contribution in [0.15, 0.2) is 36.7 Å². The van der Waals surface area contributed by atoms with Crippen molar-refractivity contribution < 1.29 is 4.79 Å². The molecule has 7 nitrogen and oxygen atoms in total. The number of aryl methyl sites for hydroxylation is 1. The molecule has 25 heavy (non-hydrogen) atoms. The summed E-state index contributed by atoms with van der Waals surface area (Å²) in [6.45, 7) is 4.71. The van der Waals surface area contributed by atoms with E-state index in [4.69, 9.17) is 11.6 Å². The minimum atomic E-state index is 0.0353. The molecule has 1 aliphatic heterocycles. The van der Waals surface area contributed by atoms with E-state index in [0.29, 0.717) is 29.5 Å². The summed E-state index contributed by atoms with van der Waals surface area (Å²) in [6.07, 6.45) is 1.51. The van der Waals surface area contributed by atoms with Gasteiger partial charge in [0.25, 0.3) is 11.7 Å². The van der Waals surface area contributed by atoms with Crippen LogP contribution in [0.2, 0.25) is 5.02 Å². The lowest BCUT2D eigenvalue weighted by Crippen LogP contribution is -2.49. The summed E-state index contributed by atoms with van der Waals surface area (Å²) in [5, 5.41) is 4.88. The molecule has 1 fully saturated rings. The van der Waals surface area contributed by atoms with Gasteiger partial charge in [-0.2, -0.15) is 14.6 Å². The van der Waals surface area contributed by atoms with Gasteiger partial charge in [0.05, 0.1) is 0 Å². The zero-order chi connectivity index (χ0) is 17.4. The number of fused-ring (bicyclic) bond motifs is 1. The summed E-state index contributed by atoms with van der Waals surface area (Å²) >= 11 is 5.89. The zero-order valence-electron chi connectivity index (χ0n) is 13.8. The number of benzene rings is 1. The van der Waals surface area contributed by atoms with E-state index >= 15 is 0 Å². The molecule has 1 amide bonds. The summed E-state index contributed by atoms with van der Waals surface area (Å²) in [6, 6.07) is 9.02. The molecule has 1 aromatic carbocycles. The minimum absolute atomic E-state index is 0.0353. The average Bonchev–Trinajstić information content (AvgIpc) is 3.09. The van der Waals surface area contributed by atoms with E-state index in [9.17, 15) is 4.79 Å². The number of hydrogen-bond acceptors (Lipinski definition) is 5. The number of aromatic nitrogens is 4. The fourth-order valence-corrected chi connectivity index (χ4v) is 3.18. The molecule has 4 rings (SSSR count). The lowest BCUT2D eigenvalue weighted by molar-refractivity contribution is 0.0746. The van der Waals surface area contributed by atoms with Gasteiger partial charge >= 0.3 is 0 Å². The fourth-order valence-electron chi connectivity index (χ4n) is 3.05. The number of rotatable bonds is 2. The highest BCUT2D eigenvalue weighted by Gasteiger charge is 2.24. The number of hydrogen-bond donors (Lipinski definition) is 0. The van der Waals surface area contributed by atoms with Crippen molar-refractivity contribution in [2.75, 3.05) is 31.1 Å². The van der Waals surface area contributed by atoms with Gasteiger partial charge in [0.1, 0.15) is 12.1 Å². The molecule has 0 N–H and O–H groups in total. The van der Waals surface area contributed by atoms with E-state index in [1.165, 1.54) is 6.33 Å². The number of piperazine rings is 1. The summed E-state index contributed by atoms with van der Waals surface area (Å²) in [4.78, 5) is 25.2. The van der Waals surface area contributed by atoms with Crippen molar-refractivity contribution in [2.24, 2.45) is 0 Å². The van der Waals surface area contributed by atoms with E-state index in [-0.39, 0.29) is 5.91 Å². The predicted octanol–water partition coefficient (Wildman–Crippen LogP) is 2.05. The molecule has 3 heterocycles. The molecule has 0 saturated carbocycles. The van der Waals surface area contributed by atoms with Gasteiger partial charge < -0.3 is 9.80 Å². The maximum Gasteiger partial charge on any atom is 0.254 e. The van der Waals surface area contributed by atoms with Gasteiger partial charge in [-0.1, -0.05) is 11.6 Å². The van der Waals surface area contributed by atoms with Gasteiger partial charge in [0, 0.05) is 48.5 Å². The Balaban J connectivity index is 1.50. The Morgan fingerprint density at radius 1 is 1.12 bits per heavy atom. The van der Waals surface area contributed by atoms with Crippen LogP contribution in [-0.4, -0.2) is 56.6 Å². The molecular weight excluding hydrogens is 340 g/mol. The number of anilines is 1. The topological polar surface area (TPSA) is 66.6 Å². The van der Waals surface area contributed by atoms with Crippen molar-refractivity contribution in [3.63, 3.8) is 0 Å². The van der Waals surface area contributed by atoms with Crippen LogP contribution in [0.4, 0.5) is 5.82 Å². The summed E-state index contributed by atoms with van der Waals surface area (Å²) in [5.41, 5.74) is 1.56. The minimum Gasteiger partial charge on any atom is -0.353 e. The van der Waals surface area contributed by atoms with Crippen LogP contribution in [0.25, 0.3) is 5.78 Å². The third kappa shape index (κ3) is 3.02. The molecule has 1 saturated heterocycles. The van der Waals surface area contributed by atoms with E-state index < -0.39 is 0 Å². The molecule has 2 aromatic heterocycles. The third-order valence-corrected chi connectivity index (χ3v) is 4.60. The fraction of sp³-hybridized carbons (Fsp3) is 0.294. The average molecular weight is 357 g/mol. The molecule has 8 heteroatoms. The first-order chi connectivity index (χ1) is 12.1. The standard InChI is InChI=1S/C17H17ClN6O/c1-12-10-15(24-17(21-12)19-11-20-24)22-6-8-23(9-7-22)16(25)13-2-4-14(18)5-3-13/h2-5,10-11H,6-9H2,1H3. The molecule has 0 bridgehead atoms. The first kappa shape index (κ1) is 15.8. The molecule has 0 aliphatic carbocycles. The quantitative estimate of drug-likeness (QED) is 0.703. The predicted molar refractivity (Wildman–Crippen MR) is 95.1 cm³/mol. The van der Waals surface area contributed by atoms with E-state index in [1.807, 2.05) is 17.9 Å². The Bertz CT molecular complexity index is 915. The SMILES string of the molecule is Cc1cc(N2CCN(C(=O)c3ccc(Cl)cc3)CC2)n2ncnc2n1. The molecule has 128 valence electrons. The maximum absolute atomic E-state index is 12.6. The van der Waals surface area contributed by atoms with Crippen LogP contribution in [0.5, 0.6) is 0 Å². The number of halogens is 1. The maximum atomic E-state index is 12.6. The van der Waals surface area contributed by atoms with Crippen LogP contribution >= 0.6 is 11.6 Å². The van der Waals surface area contributed by atoms with Crippen molar-refractivity contribution in [1.82, 2.24) is 24.5 Å². The smallest absolute Gasteiger partial charge is 0.254 e. The zero-order valence-corrected chi connectivity index (χ0v) is 14.5. The number of carbonyl (C=O) groups excluding carboxylic acids is 1. The van der Waals surface area contributed by atoms with Crippen molar-refractivity contribution in [3.8, 4) is 0 Å². The highest BCUT2D eigenvalue weighted by atomic mass is 35.5. The molecule has 0 atom stereocenters. The van der Waals surface area contributed by atoms with E-state index in [0.717, 1.165) is 24.6 Å². The van der Waals surface area contributed by atoms with Crippen LogP contribution in [-0.2, 0) is 0 Å². The summed E-state index contributed by atoms with van der Waals surface area (Å²) in [7, 11) is 0. The van der Waals surface area contributed by atoms with Crippen LogP contribution < -0.4 is 4.90 Å². The molecule has 3 aromatic rings. The number of nitrogens with zero attached hydrogens (tertiary/aromatic N) is 6. The largest absolute Gasteiger partial charge is 0.353 e. The second kappa shape index (κ2) is 6.33. The molecule has 0 unspecified atom stereocenters. The molecule has 0 radical (unpaired) electrons. The highest BCUT2D eigenvalue weighted by Crippen LogP contribution is 2.19. The Morgan fingerprint density at radius 2 is 1.84 bits per heavy atom. The van der Waals surface area contributed by atoms with Gasteiger partial charge in [-0.15, -0.1) is 0 Å². The van der Waals surface area contributed by atoms with Crippen molar-refractivity contribution in [3.05, 3.63) is 52.9 Å². The third-order valence-electron chi connectivity index (χ3n) is 4.34. The van der Waals surface area contributed by atoms with Gasteiger partial charge in [-0.3, -0.25) is 4.79 Å².